The SMILES string of the molecule is CC[C@H](NS(=O)(=O)c1ccc(C)cc1)C(=O)N1CCOCCN(C(=O)[C@H](CC)NS(=O)(=O)c2ccc(C)cc2)CCOCC1. The summed E-state index contributed by atoms with van der Waals surface area (Å²) in [7, 11) is -7.81. The van der Waals surface area contributed by atoms with Crippen molar-refractivity contribution in [2.45, 2.75) is 62.4 Å². The molecule has 0 aromatic heterocycles. The number of sulfonamides is 2. The maximum Gasteiger partial charge on any atom is 0.241 e. The van der Waals surface area contributed by atoms with Crippen LogP contribution in [0.2, 0.25) is 0 Å². The van der Waals surface area contributed by atoms with Crippen molar-refractivity contribution in [2.75, 3.05) is 52.6 Å². The van der Waals surface area contributed by atoms with Gasteiger partial charge >= 0.3 is 0 Å². The Bertz CT molecular complexity index is 1330. The van der Waals surface area contributed by atoms with Crippen LogP contribution in [0.3, 0.4) is 0 Å². The largest absolute Gasteiger partial charge is 0.378 e. The second-order valence-corrected chi connectivity index (χ2v) is 14.1. The molecule has 14 heteroatoms. The predicted octanol–water partition coefficient (Wildman–Crippen LogP) is 1.82. The van der Waals surface area contributed by atoms with Crippen molar-refractivity contribution < 1.29 is 35.9 Å². The van der Waals surface area contributed by atoms with Crippen LogP contribution in [0.5, 0.6) is 0 Å². The van der Waals surface area contributed by atoms with E-state index in [9.17, 15) is 26.4 Å². The molecule has 2 aromatic rings. The molecule has 0 radical (unpaired) electrons. The zero-order valence-corrected chi connectivity index (χ0v) is 27.5. The minimum absolute atomic E-state index is 0.0853. The summed E-state index contributed by atoms with van der Waals surface area (Å²) in [5.74, 6) is -0.758. The molecular weight excluding hydrogens is 608 g/mol. The number of benzene rings is 2. The van der Waals surface area contributed by atoms with Crippen LogP contribution in [-0.4, -0.2) is 103 Å². The summed E-state index contributed by atoms with van der Waals surface area (Å²) in [4.78, 5) is 29.9. The summed E-state index contributed by atoms with van der Waals surface area (Å²) < 4.78 is 68.3. The first kappa shape index (κ1) is 35.6. The number of carbonyl (C=O) groups excluding carboxylic acids is 2. The van der Waals surface area contributed by atoms with Crippen molar-refractivity contribution >= 4 is 31.9 Å². The summed E-state index contributed by atoms with van der Waals surface area (Å²) in [5, 5.41) is 0. The third-order valence-corrected chi connectivity index (χ3v) is 10.3. The molecule has 3 rings (SSSR count). The Morgan fingerprint density at radius 3 is 1.20 bits per heavy atom. The minimum atomic E-state index is -3.91. The van der Waals surface area contributed by atoms with Gasteiger partial charge in [0.25, 0.3) is 0 Å². The van der Waals surface area contributed by atoms with Gasteiger partial charge in [-0.05, 0) is 51.0 Å². The smallest absolute Gasteiger partial charge is 0.241 e. The van der Waals surface area contributed by atoms with E-state index in [2.05, 4.69) is 9.44 Å². The van der Waals surface area contributed by atoms with Gasteiger partial charge < -0.3 is 19.3 Å². The third kappa shape index (κ3) is 10.1. The quantitative estimate of drug-likeness (QED) is 0.395. The van der Waals surface area contributed by atoms with Gasteiger partial charge in [-0.3, -0.25) is 9.59 Å². The molecule has 1 aliphatic rings. The van der Waals surface area contributed by atoms with E-state index < -0.39 is 32.1 Å². The lowest BCUT2D eigenvalue weighted by atomic mass is 10.2. The number of aryl methyl sites for hydroxylation is 2. The molecule has 244 valence electrons. The van der Waals surface area contributed by atoms with Crippen molar-refractivity contribution in [3.8, 4) is 0 Å². The standard InChI is InChI=1S/C30H44N4O8S2/c1-5-27(31-43(37,38)25-11-7-23(3)8-12-25)29(35)33-15-19-41-21-17-34(18-22-42-20-16-33)30(36)28(6-2)32-44(39,40)26-13-9-24(4)10-14-26/h7-14,27-28,31-32H,5-6,15-22H2,1-4H3/t27-,28-/m0/s1. The molecule has 1 heterocycles. The molecule has 0 spiro atoms. The van der Waals surface area contributed by atoms with Crippen LogP contribution in [0.15, 0.2) is 58.3 Å². The zero-order chi connectivity index (χ0) is 32.3. The molecule has 2 atom stereocenters. The Morgan fingerprint density at radius 2 is 0.932 bits per heavy atom. The molecule has 1 aliphatic heterocycles. The lowest BCUT2D eigenvalue weighted by molar-refractivity contribution is -0.136. The molecule has 0 bridgehead atoms. The number of ether oxygens (including phenoxy) is 2. The van der Waals surface area contributed by atoms with Crippen molar-refractivity contribution in [1.82, 2.24) is 19.2 Å². The first-order valence-electron chi connectivity index (χ1n) is 14.8. The summed E-state index contributed by atoms with van der Waals surface area (Å²) in [5.41, 5.74) is 1.85. The van der Waals surface area contributed by atoms with Crippen molar-refractivity contribution in [3.63, 3.8) is 0 Å². The highest BCUT2D eigenvalue weighted by Crippen LogP contribution is 2.14. The van der Waals surface area contributed by atoms with E-state index in [0.717, 1.165) is 11.1 Å². The second-order valence-electron chi connectivity index (χ2n) is 10.7. The molecule has 0 unspecified atom stereocenters. The Morgan fingerprint density at radius 1 is 0.636 bits per heavy atom. The van der Waals surface area contributed by atoms with Gasteiger partial charge in [0.15, 0.2) is 0 Å². The Labute approximate surface area is 261 Å². The predicted molar refractivity (Wildman–Crippen MR) is 166 cm³/mol. The highest BCUT2D eigenvalue weighted by atomic mass is 32.2. The van der Waals surface area contributed by atoms with E-state index >= 15 is 0 Å². The zero-order valence-electron chi connectivity index (χ0n) is 25.8. The molecule has 44 heavy (non-hydrogen) atoms. The van der Waals surface area contributed by atoms with E-state index in [1.807, 2.05) is 13.8 Å². The van der Waals surface area contributed by atoms with Gasteiger partial charge in [0, 0.05) is 26.2 Å². The number of hydrogen-bond acceptors (Lipinski definition) is 8. The number of carbonyl (C=O) groups is 2. The summed E-state index contributed by atoms with van der Waals surface area (Å²) in [6.07, 6.45) is 0.511. The Kier molecular flexibility index (Phi) is 13.3. The van der Waals surface area contributed by atoms with Crippen LogP contribution in [0, 0.1) is 13.8 Å². The Hall–Kier alpha value is -2.88. The van der Waals surface area contributed by atoms with Crippen LogP contribution < -0.4 is 9.44 Å². The molecule has 0 saturated carbocycles. The normalized spacial score (nSPS) is 17.3. The average molecular weight is 653 g/mol. The summed E-state index contributed by atoms with van der Waals surface area (Å²) in [6.45, 7) is 8.63. The molecule has 2 aromatic carbocycles. The van der Waals surface area contributed by atoms with E-state index in [1.54, 1.807) is 38.1 Å². The Balaban J connectivity index is 1.59. The number of nitrogens with zero attached hydrogens (tertiary/aromatic N) is 2. The van der Waals surface area contributed by atoms with Crippen LogP contribution in [0.25, 0.3) is 0 Å². The van der Waals surface area contributed by atoms with Gasteiger partial charge in [-0.1, -0.05) is 49.2 Å². The van der Waals surface area contributed by atoms with Crippen LogP contribution in [0.4, 0.5) is 0 Å². The van der Waals surface area contributed by atoms with E-state index in [4.69, 9.17) is 9.47 Å². The van der Waals surface area contributed by atoms with Crippen molar-refractivity contribution in [2.24, 2.45) is 0 Å². The van der Waals surface area contributed by atoms with Crippen molar-refractivity contribution in [3.05, 3.63) is 59.7 Å². The molecular formula is C30H44N4O8S2. The van der Waals surface area contributed by atoms with E-state index in [1.165, 1.54) is 34.1 Å². The fraction of sp³-hybridized carbons (Fsp3) is 0.533. The fourth-order valence-corrected chi connectivity index (χ4v) is 7.12. The number of amides is 2. The second kappa shape index (κ2) is 16.4. The first-order valence-corrected chi connectivity index (χ1v) is 17.8. The van der Waals surface area contributed by atoms with Gasteiger partial charge in [-0.15, -0.1) is 0 Å². The van der Waals surface area contributed by atoms with Gasteiger partial charge in [-0.2, -0.15) is 9.44 Å². The third-order valence-electron chi connectivity index (χ3n) is 7.32. The van der Waals surface area contributed by atoms with Crippen LogP contribution >= 0.6 is 0 Å². The molecule has 12 nitrogen and oxygen atoms in total. The fourth-order valence-electron chi connectivity index (χ4n) is 4.57. The van der Waals surface area contributed by atoms with E-state index in [-0.39, 0.29) is 87.1 Å². The van der Waals surface area contributed by atoms with Crippen LogP contribution in [0.1, 0.15) is 37.8 Å². The molecule has 2 amide bonds. The number of hydrogen-bond donors (Lipinski definition) is 2. The maximum absolute atomic E-state index is 13.4. The average Bonchev–Trinajstić information content (AvgIpc) is 2.99. The van der Waals surface area contributed by atoms with Gasteiger partial charge in [-0.25, -0.2) is 16.8 Å². The highest BCUT2D eigenvalue weighted by molar-refractivity contribution is 7.89. The monoisotopic (exact) mass is 652 g/mol. The van der Waals surface area contributed by atoms with Gasteiger partial charge in [0.2, 0.25) is 31.9 Å². The van der Waals surface area contributed by atoms with Crippen molar-refractivity contribution in [1.29, 1.82) is 0 Å². The lowest BCUT2D eigenvalue weighted by Gasteiger charge is -2.30. The minimum Gasteiger partial charge on any atom is -0.378 e. The maximum atomic E-state index is 13.4. The highest BCUT2D eigenvalue weighted by Gasteiger charge is 2.30. The van der Waals surface area contributed by atoms with Gasteiger partial charge in [0.05, 0.1) is 36.2 Å². The molecule has 0 aliphatic carbocycles. The lowest BCUT2D eigenvalue weighted by Crippen LogP contribution is -2.51. The van der Waals surface area contributed by atoms with Gasteiger partial charge in [0.1, 0.15) is 12.1 Å². The number of nitrogens with one attached hydrogen (secondary N) is 2. The van der Waals surface area contributed by atoms with Crippen LogP contribution in [-0.2, 0) is 39.1 Å². The molecule has 1 fully saturated rings. The molecule has 1 saturated heterocycles. The topological polar surface area (TPSA) is 151 Å². The first-order chi connectivity index (χ1) is 20.9. The summed E-state index contributed by atoms with van der Waals surface area (Å²) in [6, 6.07) is 10.9. The summed E-state index contributed by atoms with van der Waals surface area (Å²) >= 11 is 0. The number of rotatable bonds is 10. The molecule has 2 N–H and O–H groups in total. The van der Waals surface area contributed by atoms with E-state index in [0.29, 0.717) is 0 Å².